The second kappa shape index (κ2) is 9.03. The molecule has 0 unspecified atom stereocenters. The van der Waals surface area contributed by atoms with Gasteiger partial charge in [0.05, 0.1) is 24.3 Å². The van der Waals surface area contributed by atoms with Gasteiger partial charge in [0.1, 0.15) is 11.5 Å². The predicted molar refractivity (Wildman–Crippen MR) is 100 cm³/mol. The van der Waals surface area contributed by atoms with Crippen molar-refractivity contribution >= 4 is 17.8 Å². The van der Waals surface area contributed by atoms with Crippen LogP contribution in [-0.2, 0) is 9.53 Å². The van der Waals surface area contributed by atoms with Gasteiger partial charge in [0.15, 0.2) is 6.61 Å². The number of fused-ring (bicyclic) bond motifs is 1. The molecule has 0 spiro atoms. The van der Waals surface area contributed by atoms with Gasteiger partial charge < -0.3 is 14.2 Å². The lowest BCUT2D eigenvalue weighted by atomic mass is 10.1. The molecule has 0 bridgehead atoms. The summed E-state index contributed by atoms with van der Waals surface area (Å²) in [7, 11) is 0. The molecule has 2 amide bonds. The maximum Gasteiger partial charge on any atom is 0.344 e. The Morgan fingerprint density at radius 3 is 2.04 bits per heavy atom. The molecule has 1 aliphatic heterocycles. The first-order chi connectivity index (χ1) is 13.6. The van der Waals surface area contributed by atoms with Gasteiger partial charge in [-0.2, -0.15) is 0 Å². The third-order valence-electron chi connectivity index (χ3n) is 4.16. The van der Waals surface area contributed by atoms with Crippen molar-refractivity contribution in [2.24, 2.45) is 0 Å². The fourth-order valence-electron chi connectivity index (χ4n) is 2.83. The van der Waals surface area contributed by atoms with E-state index in [1.54, 1.807) is 48.5 Å². The quantitative estimate of drug-likeness (QED) is 0.376. The minimum atomic E-state index is -0.517. The van der Waals surface area contributed by atoms with E-state index in [9.17, 15) is 14.4 Å². The predicted octanol–water partition coefficient (Wildman–Crippen LogP) is 2.69. The molecule has 7 nitrogen and oxygen atoms in total. The topological polar surface area (TPSA) is 82.1 Å². The largest absolute Gasteiger partial charge is 0.494 e. The van der Waals surface area contributed by atoms with Gasteiger partial charge in [0.25, 0.3) is 11.8 Å². The van der Waals surface area contributed by atoms with Crippen LogP contribution in [0.5, 0.6) is 11.5 Å². The van der Waals surface area contributed by atoms with Crippen LogP contribution in [0.2, 0.25) is 0 Å². The maximum absolute atomic E-state index is 12.2. The van der Waals surface area contributed by atoms with Crippen LogP contribution < -0.4 is 9.47 Å². The van der Waals surface area contributed by atoms with Gasteiger partial charge in [-0.3, -0.25) is 14.5 Å². The van der Waals surface area contributed by atoms with E-state index in [1.165, 1.54) is 4.90 Å². The van der Waals surface area contributed by atoms with Gasteiger partial charge in [-0.15, -0.1) is 0 Å². The number of hydrogen-bond acceptors (Lipinski definition) is 6. The van der Waals surface area contributed by atoms with Gasteiger partial charge in [0.2, 0.25) is 0 Å². The minimum Gasteiger partial charge on any atom is -0.494 e. The van der Waals surface area contributed by atoms with Crippen molar-refractivity contribution < 1.29 is 28.6 Å². The SMILES string of the molecule is CCOc1ccc(OCC(=O)OCCCN2C(=O)c3ccccc3C2=O)cc1. The van der Waals surface area contributed by atoms with E-state index in [0.29, 0.717) is 29.9 Å². The highest BCUT2D eigenvalue weighted by atomic mass is 16.6. The molecule has 0 atom stereocenters. The Kier molecular flexibility index (Phi) is 6.26. The summed E-state index contributed by atoms with van der Waals surface area (Å²) >= 11 is 0. The zero-order valence-corrected chi connectivity index (χ0v) is 15.6. The van der Waals surface area contributed by atoms with Crippen LogP contribution in [0.4, 0.5) is 0 Å². The van der Waals surface area contributed by atoms with Gasteiger partial charge in [0, 0.05) is 6.54 Å². The van der Waals surface area contributed by atoms with Crippen LogP contribution in [0.3, 0.4) is 0 Å². The number of benzene rings is 2. The van der Waals surface area contributed by atoms with E-state index in [4.69, 9.17) is 14.2 Å². The van der Waals surface area contributed by atoms with Crippen molar-refractivity contribution in [3.05, 3.63) is 59.7 Å². The third-order valence-corrected chi connectivity index (χ3v) is 4.16. The van der Waals surface area contributed by atoms with Crippen molar-refractivity contribution in [1.29, 1.82) is 0 Å². The highest BCUT2D eigenvalue weighted by Crippen LogP contribution is 2.22. The standard InChI is InChI=1S/C21H21NO6/c1-2-26-15-8-10-16(11-9-15)28-14-19(23)27-13-5-12-22-20(24)17-6-3-4-7-18(17)21(22)25/h3-4,6-11H,2,5,12-14H2,1H3. The van der Waals surface area contributed by atoms with Crippen LogP contribution in [0, 0.1) is 0 Å². The Labute approximate surface area is 162 Å². The van der Waals surface area contributed by atoms with E-state index in [1.807, 2.05) is 6.92 Å². The number of ether oxygens (including phenoxy) is 3. The van der Waals surface area contributed by atoms with E-state index in [-0.39, 0.29) is 31.6 Å². The molecule has 0 radical (unpaired) electrons. The highest BCUT2D eigenvalue weighted by molar-refractivity contribution is 6.21. The molecule has 3 rings (SSSR count). The first-order valence-electron chi connectivity index (χ1n) is 9.06. The molecule has 0 aromatic heterocycles. The molecule has 0 saturated heterocycles. The number of amides is 2. The lowest BCUT2D eigenvalue weighted by molar-refractivity contribution is -0.146. The van der Waals surface area contributed by atoms with Crippen molar-refractivity contribution in [2.45, 2.75) is 13.3 Å². The fraction of sp³-hybridized carbons (Fsp3) is 0.286. The summed E-state index contributed by atoms with van der Waals surface area (Å²) in [5.41, 5.74) is 0.821. The molecule has 2 aromatic carbocycles. The number of carbonyl (C=O) groups excluding carboxylic acids is 3. The Hall–Kier alpha value is -3.35. The second-order valence-electron chi connectivity index (χ2n) is 6.07. The number of rotatable bonds is 9. The van der Waals surface area contributed by atoms with Gasteiger partial charge >= 0.3 is 5.97 Å². The van der Waals surface area contributed by atoms with Crippen LogP contribution >= 0.6 is 0 Å². The maximum atomic E-state index is 12.2. The average Bonchev–Trinajstić information content (AvgIpc) is 2.96. The number of imide groups is 1. The summed E-state index contributed by atoms with van der Waals surface area (Å²) in [6.07, 6.45) is 0.361. The molecule has 146 valence electrons. The molecule has 2 aromatic rings. The molecule has 0 saturated carbocycles. The molecule has 0 N–H and O–H groups in total. The van der Waals surface area contributed by atoms with Crippen LogP contribution in [0.25, 0.3) is 0 Å². The van der Waals surface area contributed by atoms with Crippen LogP contribution in [0.1, 0.15) is 34.1 Å². The Bertz CT molecular complexity index is 826. The highest BCUT2D eigenvalue weighted by Gasteiger charge is 2.34. The first kappa shape index (κ1) is 19.4. The molecule has 28 heavy (non-hydrogen) atoms. The first-order valence-corrected chi connectivity index (χ1v) is 9.06. The van der Waals surface area contributed by atoms with Crippen molar-refractivity contribution in [1.82, 2.24) is 4.90 Å². The Morgan fingerprint density at radius 1 is 0.893 bits per heavy atom. The number of nitrogens with zero attached hydrogens (tertiary/aromatic N) is 1. The van der Waals surface area contributed by atoms with Crippen LogP contribution in [-0.4, -0.2) is 49.0 Å². The summed E-state index contributed by atoms with van der Waals surface area (Å²) in [4.78, 5) is 37.4. The normalized spacial score (nSPS) is 12.7. The lowest BCUT2D eigenvalue weighted by Crippen LogP contribution is -2.31. The van der Waals surface area contributed by atoms with Gasteiger partial charge in [-0.05, 0) is 49.7 Å². The molecular weight excluding hydrogens is 362 g/mol. The molecule has 7 heteroatoms. The van der Waals surface area contributed by atoms with Gasteiger partial charge in [-0.1, -0.05) is 12.1 Å². The van der Waals surface area contributed by atoms with Crippen molar-refractivity contribution in [2.75, 3.05) is 26.4 Å². The van der Waals surface area contributed by atoms with Crippen LogP contribution in [0.15, 0.2) is 48.5 Å². The summed E-state index contributed by atoms with van der Waals surface area (Å²) in [5.74, 6) is 0.116. The number of hydrogen-bond donors (Lipinski definition) is 0. The minimum absolute atomic E-state index is 0.0961. The van der Waals surface area contributed by atoms with Crippen molar-refractivity contribution in [3.63, 3.8) is 0 Å². The molecule has 0 aliphatic carbocycles. The number of carbonyl (C=O) groups is 3. The average molecular weight is 383 g/mol. The molecule has 0 fully saturated rings. The fourth-order valence-corrected chi connectivity index (χ4v) is 2.83. The second-order valence-corrected chi connectivity index (χ2v) is 6.07. The summed E-state index contributed by atoms with van der Waals surface area (Å²) in [5, 5.41) is 0. The van der Waals surface area contributed by atoms with Crippen molar-refractivity contribution in [3.8, 4) is 11.5 Å². The zero-order chi connectivity index (χ0) is 19.9. The van der Waals surface area contributed by atoms with E-state index < -0.39 is 5.97 Å². The molecule has 1 heterocycles. The Balaban J connectivity index is 1.37. The van der Waals surface area contributed by atoms with E-state index in [2.05, 4.69) is 0 Å². The molecule has 1 aliphatic rings. The summed E-state index contributed by atoms with van der Waals surface area (Å²) in [6.45, 7) is 2.54. The van der Waals surface area contributed by atoms with Gasteiger partial charge in [-0.25, -0.2) is 4.79 Å². The number of esters is 1. The lowest BCUT2D eigenvalue weighted by Gasteiger charge is -2.13. The molecular formula is C21H21NO6. The zero-order valence-electron chi connectivity index (χ0n) is 15.6. The smallest absolute Gasteiger partial charge is 0.344 e. The van der Waals surface area contributed by atoms with E-state index in [0.717, 1.165) is 5.75 Å². The summed E-state index contributed by atoms with van der Waals surface area (Å²) < 4.78 is 15.8. The van der Waals surface area contributed by atoms with E-state index >= 15 is 0 Å². The monoisotopic (exact) mass is 383 g/mol. The third kappa shape index (κ3) is 4.49. The summed E-state index contributed by atoms with van der Waals surface area (Å²) in [6, 6.07) is 13.6. The Morgan fingerprint density at radius 2 is 1.46 bits per heavy atom.